The quantitative estimate of drug-likeness (QED) is 0.535. The predicted molar refractivity (Wildman–Crippen MR) is 76.6 cm³/mol. The van der Waals surface area contributed by atoms with Gasteiger partial charge in [0.05, 0.1) is 0 Å². The summed E-state index contributed by atoms with van der Waals surface area (Å²) < 4.78 is 5.91. The highest BCUT2D eigenvalue weighted by molar-refractivity contribution is 5.51. The molecule has 1 heterocycles. The maximum Gasteiger partial charge on any atom is 0.131 e. The summed E-state index contributed by atoms with van der Waals surface area (Å²) in [6, 6.07) is 12.8. The summed E-state index contributed by atoms with van der Waals surface area (Å²) in [6.07, 6.45) is 0.979. The molecule has 1 aliphatic heterocycles. The highest BCUT2D eigenvalue weighted by Gasteiger charge is 2.16. The van der Waals surface area contributed by atoms with Gasteiger partial charge in [0, 0.05) is 6.42 Å². The molecular weight excluding hydrogens is 220 g/mol. The number of aryl methyl sites for hydroxylation is 2. The maximum atomic E-state index is 5.91. The van der Waals surface area contributed by atoms with Gasteiger partial charge in [-0.05, 0) is 42.7 Å². The zero-order valence-electron chi connectivity index (χ0n) is 11.6. The summed E-state index contributed by atoms with van der Waals surface area (Å²) >= 11 is 0. The smallest absolute Gasteiger partial charge is 0.131 e. The van der Waals surface area contributed by atoms with Crippen molar-refractivity contribution in [1.82, 2.24) is 0 Å². The van der Waals surface area contributed by atoms with E-state index in [1.54, 1.807) is 0 Å². The second kappa shape index (κ2) is 5.26. The molecule has 0 spiro atoms. The molecule has 0 aromatic heterocycles. The number of ether oxygens (including phenoxy) is 1. The van der Waals surface area contributed by atoms with Gasteiger partial charge in [0.15, 0.2) is 0 Å². The average Bonchev–Trinajstić information content (AvgIpc) is 2.39. The average molecular weight is 240 g/mol. The lowest BCUT2D eigenvalue weighted by Crippen LogP contribution is -2.03. The van der Waals surface area contributed by atoms with E-state index >= 15 is 0 Å². The summed E-state index contributed by atoms with van der Waals surface area (Å²) in [5.41, 5.74) is 5.10. The van der Waals surface area contributed by atoms with Crippen LogP contribution in [0.5, 0.6) is 11.5 Å². The van der Waals surface area contributed by atoms with Crippen LogP contribution in [-0.4, -0.2) is 0 Å². The second-order valence-electron chi connectivity index (χ2n) is 4.50. The van der Waals surface area contributed by atoms with Crippen LogP contribution in [0.1, 0.15) is 36.1 Å². The second-order valence-corrected chi connectivity index (χ2v) is 4.50. The fourth-order valence-electron chi connectivity index (χ4n) is 2.17. The molecule has 0 N–H and O–H groups in total. The molecule has 0 saturated heterocycles. The van der Waals surface area contributed by atoms with Gasteiger partial charge in [-0.1, -0.05) is 43.7 Å². The summed E-state index contributed by atoms with van der Waals surface area (Å²) in [6.45, 7) is 8.21. The van der Waals surface area contributed by atoms with Crippen LogP contribution >= 0.6 is 0 Å². The van der Waals surface area contributed by atoms with Crippen LogP contribution < -0.4 is 4.74 Å². The van der Waals surface area contributed by atoms with Gasteiger partial charge in [0.1, 0.15) is 11.5 Å². The van der Waals surface area contributed by atoms with Crippen molar-refractivity contribution in [2.24, 2.45) is 0 Å². The van der Waals surface area contributed by atoms with E-state index in [0.29, 0.717) is 0 Å². The Morgan fingerprint density at radius 1 is 0.778 bits per heavy atom. The minimum absolute atomic E-state index is 0.979. The van der Waals surface area contributed by atoms with Crippen molar-refractivity contribution in [3.63, 3.8) is 0 Å². The lowest BCUT2D eigenvalue weighted by Gasteiger charge is -2.20. The van der Waals surface area contributed by atoms with Crippen molar-refractivity contribution >= 4 is 0 Å². The van der Waals surface area contributed by atoms with E-state index in [2.05, 4.69) is 50.2 Å². The maximum absolute atomic E-state index is 5.91. The van der Waals surface area contributed by atoms with Gasteiger partial charge in [-0.3, -0.25) is 0 Å². The van der Waals surface area contributed by atoms with Gasteiger partial charge in [-0.25, -0.2) is 0 Å². The first-order valence-corrected chi connectivity index (χ1v) is 6.59. The molecule has 0 atom stereocenters. The SMILES string of the molecule is CC.Cc1ccc2c(c1)Cc1ccc(C)cc1O2. The lowest BCUT2D eigenvalue weighted by molar-refractivity contribution is 0.459. The molecule has 18 heavy (non-hydrogen) atoms. The van der Waals surface area contributed by atoms with Crippen LogP contribution in [0.15, 0.2) is 36.4 Å². The minimum Gasteiger partial charge on any atom is -0.457 e. The standard InChI is InChI=1S/C15H14O.C2H6/c1-10-4-6-14-13(7-10)9-12-5-3-11(2)8-15(12)16-14;1-2/h3-8H,9H2,1-2H3;1-2H3. The van der Waals surface area contributed by atoms with E-state index in [0.717, 1.165) is 17.9 Å². The fraction of sp³-hybridized carbons (Fsp3) is 0.294. The van der Waals surface area contributed by atoms with Gasteiger partial charge >= 0.3 is 0 Å². The van der Waals surface area contributed by atoms with Crippen molar-refractivity contribution in [1.29, 1.82) is 0 Å². The van der Waals surface area contributed by atoms with Gasteiger partial charge in [-0.2, -0.15) is 0 Å². The van der Waals surface area contributed by atoms with Crippen LogP contribution in [0.2, 0.25) is 0 Å². The van der Waals surface area contributed by atoms with Crippen molar-refractivity contribution in [3.8, 4) is 11.5 Å². The van der Waals surface area contributed by atoms with E-state index in [4.69, 9.17) is 4.74 Å². The molecule has 2 aromatic rings. The molecular formula is C17H20O. The van der Waals surface area contributed by atoms with Gasteiger partial charge in [0.25, 0.3) is 0 Å². The zero-order chi connectivity index (χ0) is 13.1. The third kappa shape index (κ3) is 2.40. The zero-order valence-corrected chi connectivity index (χ0v) is 11.6. The summed E-state index contributed by atoms with van der Waals surface area (Å²) in [4.78, 5) is 0. The first-order chi connectivity index (χ1) is 8.72. The molecule has 0 bridgehead atoms. The number of benzene rings is 2. The first kappa shape index (κ1) is 12.7. The number of hydrogen-bond acceptors (Lipinski definition) is 1. The van der Waals surface area contributed by atoms with Crippen molar-refractivity contribution in [2.75, 3.05) is 0 Å². The first-order valence-electron chi connectivity index (χ1n) is 6.59. The van der Waals surface area contributed by atoms with E-state index < -0.39 is 0 Å². The van der Waals surface area contributed by atoms with Crippen LogP contribution in [0.25, 0.3) is 0 Å². The number of fused-ring (bicyclic) bond motifs is 2. The van der Waals surface area contributed by atoms with E-state index in [1.807, 2.05) is 13.8 Å². The lowest BCUT2D eigenvalue weighted by atomic mass is 9.98. The topological polar surface area (TPSA) is 9.23 Å². The van der Waals surface area contributed by atoms with Gasteiger partial charge < -0.3 is 4.74 Å². The molecule has 0 saturated carbocycles. The van der Waals surface area contributed by atoms with Crippen molar-refractivity contribution in [2.45, 2.75) is 34.1 Å². The van der Waals surface area contributed by atoms with Gasteiger partial charge in [-0.15, -0.1) is 0 Å². The Balaban J connectivity index is 0.000000574. The predicted octanol–water partition coefficient (Wildman–Crippen LogP) is 5.03. The van der Waals surface area contributed by atoms with Crippen molar-refractivity contribution < 1.29 is 4.74 Å². The Morgan fingerprint density at radius 3 is 2.22 bits per heavy atom. The summed E-state index contributed by atoms with van der Waals surface area (Å²) in [5.74, 6) is 2.01. The normalized spacial score (nSPS) is 11.6. The van der Waals surface area contributed by atoms with Crippen LogP contribution in [0, 0.1) is 13.8 Å². The fourth-order valence-corrected chi connectivity index (χ4v) is 2.17. The molecule has 94 valence electrons. The molecule has 2 aromatic carbocycles. The largest absolute Gasteiger partial charge is 0.457 e. The molecule has 1 heteroatoms. The molecule has 0 amide bonds. The summed E-state index contributed by atoms with van der Waals surface area (Å²) in [7, 11) is 0. The van der Waals surface area contributed by atoms with E-state index in [9.17, 15) is 0 Å². The van der Waals surface area contributed by atoms with E-state index in [1.165, 1.54) is 22.3 Å². The Hall–Kier alpha value is -1.76. The Kier molecular flexibility index (Phi) is 3.71. The molecule has 0 unspecified atom stereocenters. The Morgan fingerprint density at radius 2 is 1.44 bits per heavy atom. The molecule has 1 aliphatic rings. The highest BCUT2D eigenvalue weighted by Crippen LogP contribution is 2.37. The molecule has 0 aliphatic carbocycles. The Bertz CT molecular complexity index is 504. The van der Waals surface area contributed by atoms with Crippen LogP contribution in [-0.2, 0) is 6.42 Å². The third-order valence-electron chi connectivity index (χ3n) is 3.04. The molecule has 1 nitrogen and oxygen atoms in total. The van der Waals surface area contributed by atoms with E-state index in [-0.39, 0.29) is 0 Å². The highest BCUT2D eigenvalue weighted by atomic mass is 16.5. The molecule has 0 fully saturated rings. The monoisotopic (exact) mass is 240 g/mol. The minimum atomic E-state index is 0.979. The van der Waals surface area contributed by atoms with Crippen LogP contribution in [0.3, 0.4) is 0 Å². The van der Waals surface area contributed by atoms with Crippen molar-refractivity contribution in [3.05, 3.63) is 58.7 Å². The third-order valence-corrected chi connectivity index (χ3v) is 3.04. The Labute approximate surface area is 109 Å². The summed E-state index contributed by atoms with van der Waals surface area (Å²) in [5, 5.41) is 0. The molecule has 3 rings (SSSR count). The molecule has 0 radical (unpaired) electrons. The van der Waals surface area contributed by atoms with Crippen LogP contribution in [0.4, 0.5) is 0 Å². The number of rotatable bonds is 0. The number of hydrogen-bond donors (Lipinski definition) is 0. The van der Waals surface area contributed by atoms with Gasteiger partial charge in [0.2, 0.25) is 0 Å².